The van der Waals surface area contributed by atoms with Gasteiger partial charge in [-0.15, -0.1) is 11.8 Å². The van der Waals surface area contributed by atoms with E-state index in [4.69, 9.17) is 16.0 Å². The molecule has 1 aromatic heterocycles. The van der Waals surface area contributed by atoms with E-state index >= 15 is 0 Å². The van der Waals surface area contributed by atoms with E-state index in [1.165, 1.54) is 6.21 Å². The van der Waals surface area contributed by atoms with Gasteiger partial charge in [-0.25, -0.2) is 5.43 Å². The number of halogens is 2. The number of nitrogens with one attached hydrogen (secondary N) is 1. The van der Waals surface area contributed by atoms with Crippen LogP contribution in [0.1, 0.15) is 17.9 Å². The molecule has 0 saturated carbocycles. The monoisotopic (exact) mass is 400 g/mol. The van der Waals surface area contributed by atoms with Crippen LogP contribution in [-0.2, 0) is 4.79 Å². The van der Waals surface area contributed by atoms with Crippen LogP contribution in [0.3, 0.4) is 0 Å². The van der Waals surface area contributed by atoms with E-state index in [2.05, 4.69) is 26.5 Å². The largest absolute Gasteiger partial charge is 0.459 e. The Labute approximate surface area is 146 Å². The number of thioether (sulfide) groups is 1. The third kappa shape index (κ3) is 5.51. The minimum atomic E-state index is -0.139. The van der Waals surface area contributed by atoms with Crippen molar-refractivity contribution < 1.29 is 9.21 Å². The van der Waals surface area contributed by atoms with Gasteiger partial charge < -0.3 is 4.42 Å². The van der Waals surface area contributed by atoms with Crippen molar-refractivity contribution in [1.82, 2.24) is 5.43 Å². The Morgan fingerprint density at radius 2 is 2.18 bits per heavy atom. The zero-order valence-electron chi connectivity index (χ0n) is 11.8. The molecule has 0 fully saturated rings. The fourth-order valence-electron chi connectivity index (χ4n) is 1.56. The first-order valence-electron chi connectivity index (χ1n) is 6.51. The normalized spacial score (nSPS) is 11.0. The molecule has 0 bridgehead atoms. The zero-order valence-corrected chi connectivity index (χ0v) is 15.0. The molecule has 0 aliphatic rings. The van der Waals surface area contributed by atoms with Crippen molar-refractivity contribution >= 4 is 51.4 Å². The SMILES string of the molecule is Cc1oc(/C=N\NC(=O)CCSc2ccc(Cl)cc2)cc1Br. The number of furan rings is 1. The molecular weight excluding hydrogens is 388 g/mol. The van der Waals surface area contributed by atoms with Gasteiger partial charge in [0.2, 0.25) is 5.91 Å². The van der Waals surface area contributed by atoms with Crippen LogP contribution in [0.2, 0.25) is 5.02 Å². The van der Waals surface area contributed by atoms with Crippen LogP contribution in [-0.4, -0.2) is 17.9 Å². The molecule has 2 aromatic rings. The Morgan fingerprint density at radius 1 is 1.45 bits per heavy atom. The Balaban J connectivity index is 1.70. The molecule has 116 valence electrons. The highest BCUT2D eigenvalue weighted by Crippen LogP contribution is 2.21. The van der Waals surface area contributed by atoms with E-state index < -0.39 is 0 Å². The van der Waals surface area contributed by atoms with Crippen molar-refractivity contribution in [3.63, 3.8) is 0 Å². The lowest BCUT2D eigenvalue weighted by Gasteiger charge is -2.01. The van der Waals surface area contributed by atoms with Crippen LogP contribution < -0.4 is 5.43 Å². The van der Waals surface area contributed by atoms with E-state index in [1.54, 1.807) is 17.8 Å². The zero-order chi connectivity index (χ0) is 15.9. The summed E-state index contributed by atoms with van der Waals surface area (Å²) in [6.07, 6.45) is 1.85. The van der Waals surface area contributed by atoms with E-state index in [0.717, 1.165) is 15.1 Å². The summed E-state index contributed by atoms with van der Waals surface area (Å²) in [4.78, 5) is 12.7. The van der Waals surface area contributed by atoms with Gasteiger partial charge in [0, 0.05) is 28.2 Å². The van der Waals surface area contributed by atoms with Gasteiger partial charge in [0.15, 0.2) is 0 Å². The van der Waals surface area contributed by atoms with Crippen LogP contribution in [0, 0.1) is 6.92 Å². The number of amides is 1. The van der Waals surface area contributed by atoms with Gasteiger partial charge in [-0.05, 0) is 47.1 Å². The number of hydrogen-bond acceptors (Lipinski definition) is 4. The van der Waals surface area contributed by atoms with E-state index in [0.29, 0.717) is 23.0 Å². The second kappa shape index (κ2) is 8.41. The van der Waals surface area contributed by atoms with Crippen molar-refractivity contribution in [2.24, 2.45) is 5.10 Å². The second-order valence-electron chi connectivity index (χ2n) is 4.40. The molecule has 0 atom stereocenters. The summed E-state index contributed by atoms with van der Waals surface area (Å²) in [6.45, 7) is 1.84. The molecule has 7 heteroatoms. The Bertz CT molecular complexity index is 651. The molecule has 1 heterocycles. The van der Waals surface area contributed by atoms with Gasteiger partial charge in [-0.1, -0.05) is 11.6 Å². The lowest BCUT2D eigenvalue weighted by molar-refractivity contribution is -0.120. The molecule has 0 saturated heterocycles. The number of benzene rings is 1. The highest BCUT2D eigenvalue weighted by molar-refractivity contribution is 9.10. The van der Waals surface area contributed by atoms with E-state index in [1.807, 2.05) is 31.2 Å². The molecule has 4 nitrogen and oxygen atoms in total. The molecular formula is C15H14BrClN2O2S. The number of carbonyl (C=O) groups excluding carboxylic acids is 1. The molecule has 2 rings (SSSR count). The standard InChI is InChI=1S/C15H14BrClN2O2S/c1-10-14(16)8-12(21-10)9-18-19-15(20)6-7-22-13-4-2-11(17)3-5-13/h2-5,8-9H,6-7H2,1H3,(H,19,20)/b18-9-. The highest BCUT2D eigenvalue weighted by atomic mass is 79.9. The predicted molar refractivity (Wildman–Crippen MR) is 93.7 cm³/mol. The van der Waals surface area contributed by atoms with Gasteiger partial charge in [0.1, 0.15) is 11.5 Å². The van der Waals surface area contributed by atoms with Gasteiger partial charge in [-0.3, -0.25) is 4.79 Å². The molecule has 22 heavy (non-hydrogen) atoms. The minimum Gasteiger partial charge on any atom is -0.459 e. The molecule has 1 N–H and O–H groups in total. The number of nitrogens with zero attached hydrogens (tertiary/aromatic N) is 1. The predicted octanol–water partition coefficient (Wildman–Crippen LogP) is 4.64. The summed E-state index contributed by atoms with van der Waals surface area (Å²) in [5.41, 5.74) is 2.48. The van der Waals surface area contributed by atoms with Crippen molar-refractivity contribution in [3.05, 3.63) is 51.3 Å². The van der Waals surface area contributed by atoms with Crippen molar-refractivity contribution in [3.8, 4) is 0 Å². The number of hydrogen-bond donors (Lipinski definition) is 1. The second-order valence-corrected chi connectivity index (χ2v) is 6.86. The van der Waals surface area contributed by atoms with Crippen molar-refractivity contribution in [2.45, 2.75) is 18.2 Å². The average Bonchev–Trinajstić information content (AvgIpc) is 2.80. The molecule has 1 amide bonds. The smallest absolute Gasteiger partial charge is 0.240 e. The number of aryl methyl sites for hydroxylation is 1. The maximum Gasteiger partial charge on any atom is 0.240 e. The van der Waals surface area contributed by atoms with Crippen LogP contribution in [0.4, 0.5) is 0 Å². The topological polar surface area (TPSA) is 54.6 Å². The lowest BCUT2D eigenvalue weighted by Crippen LogP contribution is -2.17. The maximum atomic E-state index is 11.7. The Morgan fingerprint density at radius 3 is 2.82 bits per heavy atom. The molecule has 0 aliphatic carbocycles. The number of hydrazone groups is 1. The minimum absolute atomic E-state index is 0.139. The highest BCUT2D eigenvalue weighted by Gasteiger charge is 2.03. The molecule has 1 aromatic carbocycles. The summed E-state index contributed by atoms with van der Waals surface area (Å²) < 4.78 is 6.26. The van der Waals surface area contributed by atoms with Crippen LogP contribution >= 0.6 is 39.3 Å². The lowest BCUT2D eigenvalue weighted by atomic mass is 10.4. The van der Waals surface area contributed by atoms with Gasteiger partial charge in [-0.2, -0.15) is 5.10 Å². The van der Waals surface area contributed by atoms with Crippen LogP contribution in [0.25, 0.3) is 0 Å². The summed E-state index contributed by atoms with van der Waals surface area (Å²) >= 11 is 10.8. The summed E-state index contributed by atoms with van der Waals surface area (Å²) in [5.74, 6) is 1.89. The van der Waals surface area contributed by atoms with Gasteiger partial charge in [0.05, 0.1) is 10.7 Å². The summed E-state index contributed by atoms with van der Waals surface area (Å²) in [6, 6.07) is 9.32. The van der Waals surface area contributed by atoms with E-state index in [-0.39, 0.29) is 5.91 Å². The Kier molecular flexibility index (Phi) is 6.54. The Hall–Kier alpha value is -1.24. The average molecular weight is 402 g/mol. The molecule has 0 radical (unpaired) electrons. The van der Waals surface area contributed by atoms with E-state index in [9.17, 15) is 4.79 Å². The first-order chi connectivity index (χ1) is 10.5. The summed E-state index contributed by atoms with van der Waals surface area (Å²) in [7, 11) is 0. The third-order valence-corrected chi connectivity index (χ3v) is 4.72. The quantitative estimate of drug-likeness (QED) is 0.436. The third-order valence-electron chi connectivity index (χ3n) is 2.67. The first-order valence-corrected chi connectivity index (χ1v) is 8.66. The molecule has 0 spiro atoms. The first kappa shape index (κ1) is 17.1. The van der Waals surface area contributed by atoms with Gasteiger partial charge >= 0.3 is 0 Å². The van der Waals surface area contributed by atoms with Crippen LogP contribution in [0.15, 0.2) is 49.2 Å². The van der Waals surface area contributed by atoms with Crippen LogP contribution in [0.5, 0.6) is 0 Å². The van der Waals surface area contributed by atoms with Crippen molar-refractivity contribution in [1.29, 1.82) is 0 Å². The summed E-state index contributed by atoms with van der Waals surface area (Å²) in [5, 5.41) is 4.57. The fourth-order valence-corrected chi connectivity index (χ4v) is 2.85. The van der Waals surface area contributed by atoms with Crippen molar-refractivity contribution in [2.75, 3.05) is 5.75 Å². The molecule has 0 aliphatic heterocycles. The molecule has 0 unspecified atom stereocenters. The maximum absolute atomic E-state index is 11.7. The fraction of sp³-hybridized carbons (Fsp3) is 0.200. The number of carbonyl (C=O) groups is 1. The number of rotatable bonds is 6. The van der Waals surface area contributed by atoms with Gasteiger partial charge in [0.25, 0.3) is 0 Å².